The number of aryl methyl sites for hydroxylation is 1. The molecule has 1 unspecified atom stereocenters. The molecule has 0 fully saturated rings. The third kappa shape index (κ3) is 1.78. The lowest BCUT2D eigenvalue weighted by molar-refractivity contribution is -0.990. The Kier molecular flexibility index (Phi) is 2.71. The summed E-state index contributed by atoms with van der Waals surface area (Å²) in [5, 5.41) is 8.30. The van der Waals surface area contributed by atoms with E-state index in [-0.39, 0.29) is 5.82 Å². The average molecular weight is 402 g/mol. The lowest BCUT2D eigenvalue weighted by Crippen LogP contribution is -2.77. The van der Waals surface area contributed by atoms with Crippen molar-refractivity contribution in [1.82, 2.24) is 29.5 Å². The van der Waals surface area contributed by atoms with Crippen LogP contribution in [0.15, 0.2) is 43.0 Å². The van der Waals surface area contributed by atoms with E-state index < -0.39 is 23.7 Å². The summed E-state index contributed by atoms with van der Waals surface area (Å²) in [6, 6.07) is 4.27. The van der Waals surface area contributed by atoms with Crippen LogP contribution in [0, 0.1) is 12.7 Å². The van der Waals surface area contributed by atoms with Crippen molar-refractivity contribution in [1.29, 1.82) is 0 Å². The molecule has 0 radical (unpaired) electrons. The first-order chi connectivity index (χ1) is 13.8. The molecule has 0 amide bonds. The van der Waals surface area contributed by atoms with Crippen molar-refractivity contribution in [3.63, 3.8) is 0 Å². The average Bonchev–Trinajstić information content (AvgIpc) is 3.37. The van der Waals surface area contributed by atoms with E-state index in [1.54, 1.807) is 28.3 Å². The Balaban J connectivity index is 1.81. The molecular formula is C17H10F4N8+2. The van der Waals surface area contributed by atoms with Gasteiger partial charge in [0.1, 0.15) is 17.7 Å². The summed E-state index contributed by atoms with van der Waals surface area (Å²) in [6.07, 6.45) is 1.23. The molecule has 6 heterocycles. The number of aromatic nitrogens is 8. The summed E-state index contributed by atoms with van der Waals surface area (Å²) in [6.45, 7) is 1.75. The van der Waals surface area contributed by atoms with E-state index in [1.165, 1.54) is 35.4 Å². The fourth-order valence-corrected chi connectivity index (χ4v) is 4.05. The van der Waals surface area contributed by atoms with Crippen molar-refractivity contribution in [2.75, 3.05) is 0 Å². The van der Waals surface area contributed by atoms with E-state index in [0.29, 0.717) is 22.8 Å². The molecule has 4 aromatic rings. The Labute approximate surface area is 159 Å². The number of fused-ring (bicyclic) bond motifs is 10. The van der Waals surface area contributed by atoms with Crippen LogP contribution in [-0.4, -0.2) is 29.5 Å². The topological polar surface area (TPSA) is 69.2 Å². The number of rotatable bonds is 0. The van der Waals surface area contributed by atoms with E-state index in [9.17, 15) is 17.6 Å². The second-order valence-electron chi connectivity index (χ2n) is 6.78. The van der Waals surface area contributed by atoms with Gasteiger partial charge in [0.15, 0.2) is 12.4 Å². The number of halogens is 4. The fraction of sp³-hybridized carbons (Fsp3) is 0.176. The Morgan fingerprint density at radius 1 is 1.03 bits per heavy atom. The third-order valence-corrected chi connectivity index (χ3v) is 5.07. The van der Waals surface area contributed by atoms with Gasteiger partial charge in [-0.05, 0) is 13.0 Å². The van der Waals surface area contributed by atoms with Crippen LogP contribution in [0.2, 0.25) is 0 Å². The zero-order chi connectivity index (χ0) is 20.1. The van der Waals surface area contributed by atoms with Gasteiger partial charge in [0.05, 0.1) is 11.9 Å². The standard InChI is InChI=1S/C17H10F4N8/c1-9-6-12-11-7-10(18)2-4-26(11)17(28(12)24-9)27-5-3-22-8-13(27)14-23-15(16(19,20)21)25-29(14)17/h2-8H,1H3/q+2. The lowest BCUT2D eigenvalue weighted by atomic mass is 10.2. The van der Waals surface area contributed by atoms with E-state index in [0.717, 1.165) is 4.68 Å². The molecule has 6 rings (SSSR count). The molecule has 12 heteroatoms. The van der Waals surface area contributed by atoms with Gasteiger partial charge in [-0.2, -0.15) is 23.3 Å². The van der Waals surface area contributed by atoms with Crippen molar-refractivity contribution >= 4 is 0 Å². The quantitative estimate of drug-likeness (QED) is 0.282. The fourth-order valence-electron chi connectivity index (χ4n) is 4.05. The third-order valence-electron chi connectivity index (χ3n) is 5.07. The Bertz CT molecular complexity index is 1340. The summed E-state index contributed by atoms with van der Waals surface area (Å²) in [5.74, 6) is -3.28. The molecular weight excluding hydrogens is 392 g/mol. The highest BCUT2D eigenvalue weighted by Crippen LogP contribution is 2.38. The second kappa shape index (κ2) is 4.82. The van der Waals surface area contributed by atoms with Crippen molar-refractivity contribution in [3.05, 3.63) is 60.3 Å². The van der Waals surface area contributed by atoms with Crippen molar-refractivity contribution in [2.24, 2.45) is 0 Å². The van der Waals surface area contributed by atoms with Crippen molar-refractivity contribution in [2.45, 2.75) is 19.0 Å². The van der Waals surface area contributed by atoms with Crippen LogP contribution < -0.4 is 9.13 Å². The summed E-state index contributed by atoms with van der Waals surface area (Å²) >= 11 is 0. The van der Waals surface area contributed by atoms with Crippen LogP contribution in [-0.2, 0) is 12.1 Å². The van der Waals surface area contributed by atoms with Crippen LogP contribution in [0.5, 0.6) is 0 Å². The minimum atomic E-state index is -4.73. The first-order valence-electron chi connectivity index (χ1n) is 8.52. The molecule has 29 heavy (non-hydrogen) atoms. The normalized spacial score (nSPS) is 18.7. The smallest absolute Gasteiger partial charge is 0.251 e. The summed E-state index contributed by atoms with van der Waals surface area (Å²) in [5.41, 5.74) is 1.92. The van der Waals surface area contributed by atoms with Crippen LogP contribution >= 0.6 is 0 Å². The van der Waals surface area contributed by atoms with Crippen LogP contribution in [0.4, 0.5) is 17.6 Å². The zero-order valence-electron chi connectivity index (χ0n) is 14.6. The van der Waals surface area contributed by atoms with Crippen LogP contribution in [0.3, 0.4) is 0 Å². The monoisotopic (exact) mass is 402 g/mol. The molecule has 2 aliphatic rings. The number of hydrogen-bond donors (Lipinski definition) is 0. The largest absolute Gasteiger partial charge is 0.584 e. The first kappa shape index (κ1) is 16.3. The number of nitrogens with zero attached hydrogens (tertiary/aromatic N) is 8. The minimum absolute atomic E-state index is 0.0193. The lowest BCUT2D eigenvalue weighted by Gasteiger charge is -2.15. The molecule has 0 N–H and O–H groups in total. The number of pyridine rings is 1. The van der Waals surface area contributed by atoms with E-state index in [1.807, 2.05) is 0 Å². The highest BCUT2D eigenvalue weighted by molar-refractivity contribution is 5.55. The molecule has 8 nitrogen and oxygen atoms in total. The van der Waals surface area contributed by atoms with Gasteiger partial charge < -0.3 is 0 Å². The maximum absolute atomic E-state index is 14.0. The Morgan fingerprint density at radius 2 is 1.83 bits per heavy atom. The predicted molar refractivity (Wildman–Crippen MR) is 85.2 cm³/mol. The second-order valence-corrected chi connectivity index (χ2v) is 6.78. The van der Waals surface area contributed by atoms with Crippen molar-refractivity contribution < 1.29 is 26.7 Å². The zero-order valence-corrected chi connectivity index (χ0v) is 14.6. The van der Waals surface area contributed by atoms with Crippen molar-refractivity contribution in [3.8, 4) is 22.9 Å². The van der Waals surface area contributed by atoms with Gasteiger partial charge in [-0.15, -0.1) is 9.78 Å². The van der Waals surface area contributed by atoms with Gasteiger partial charge in [-0.1, -0.05) is 13.8 Å². The molecule has 0 aliphatic carbocycles. The maximum atomic E-state index is 14.0. The minimum Gasteiger partial charge on any atom is -0.251 e. The van der Waals surface area contributed by atoms with Gasteiger partial charge >= 0.3 is 12.1 Å². The molecule has 1 spiro atoms. The molecule has 0 aromatic carbocycles. The molecule has 0 saturated heterocycles. The molecule has 0 saturated carbocycles. The maximum Gasteiger partial charge on any atom is 0.584 e. The Morgan fingerprint density at radius 3 is 2.62 bits per heavy atom. The van der Waals surface area contributed by atoms with E-state index >= 15 is 0 Å². The summed E-state index contributed by atoms with van der Waals surface area (Å²) in [7, 11) is 0. The SMILES string of the molecule is Cc1cc2n(n1)C1(n3nc(C(F)(F)F)nc3-c3cncc[n+]31)[n+]1ccc(F)cc1-2. The number of hydrogen-bond acceptors (Lipinski definition) is 4. The van der Waals surface area contributed by atoms with Crippen LogP contribution in [0.25, 0.3) is 22.9 Å². The summed E-state index contributed by atoms with van der Waals surface area (Å²) < 4.78 is 60.2. The molecule has 2 aliphatic heterocycles. The van der Waals surface area contributed by atoms with Gasteiger partial charge in [0.2, 0.25) is 11.5 Å². The molecule has 144 valence electrons. The van der Waals surface area contributed by atoms with Gasteiger partial charge in [-0.3, -0.25) is 4.98 Å². The first-order valence-corrected chi connectivity index (χ1v) is 8.52. The van der Waals surface area contributed by atoms with Crippen LogP contribution in [0.1, 0.15) is 11.5 Å². The highest BCUT2D eigenvalue weighted by Gasteiger charge is 2.71. The van der Waals surface area contributed by atoms with Gasteiger partial charge in [-0.25, -0.2) is 4.39 Å². The molecule has 0 bridgehead atoms. The van der Waals surface area contributed by atoms with E-state index in [4.69, 9.17) is 0 Å². The number of alkyl halides is 3. The summed E-state index contributed by atoms with van der Waals surface area (Å²) in [4.78, 5) is 7.76. The van der Waals surface area contributed by atoms with Gasteiger partial charge in [0.25, 0.3) is 11.5 Å². The molecule has 1 atom stereocenters. The predicted octanol–water partition coefficient (Wildman–Crippen LogP) is 1.08. The highest BCUT2D eigenvalue weighted by atomic mass is 19.4. The van der Waals surface area contributed by atoms with E-state index in [2.05, 4.69) is 20.2 Å². The molecule has 4 aromatic heterocycles. The Hall–Kier alpha value is -3.70. The van der Waals surface area contributed by atoms with Gasteiger partial charge in [0, 0.05) is 12.1 Å².